The van der Waals surface area contributed by atoms with Crippen LogP contribution in [-0.2, 0) is 0 Å². The van der Waals surface area contributed by atoms with Crippen molar-refractivity contribution in [3.8, 4) is 6.07 Å². The largest absolute Gasteiger partial charge is 0.394 e. The molecule has 4 N–H and O–H groups in total. The van der Waals surface area contributed by atoms with E-state index in [-0.39, 0.29) is 0 Å². The first-order valence-corrected chi connectivity index (χ1v) is 8.21. The summed E-state index contributed by atoms with van der Waals surface area (Å²) in [6, 6.07) is 13.4. The van der Waals surface area contributed by atoms with E-state index in [1.165, 1.54) is 5.56 Å². The number of anilines is 5. The Bertz CT molecular complexity index is 963. The van der Waals surface area contributed by atoms with Crippen LogP contribution in [0.15, 0.2) is 42.6 Å². The van der Waals surface area contributed by atoms with Crippen LogP contribution >= 0.6 is 0 Å². The second kappa shape index (κ2) is 7.11. The summed E-state index contributed by atoms with van der Waals surface area (Å²) in [6.45, 7) is 6.17. The standard InChI is InChI=1S/C20H20N6/c1-12-8-13(2)18(14(3)9-12)25-19-17(22)11-23-20(26-19)24-16-6-4-15(10-21)5-7-16/h4-9,11H,22H2,1-3H3,(H2,23,24,25,26). The Morgan fingerprint density at radius 1 is 1.00 bits per heavy atom. The Morgan fingerprint density at radius 2 is 1.65 bits per heavy atom. The van der Waals surface area contributed by atoms with Crippen LogP contribution in [0.25, 0.3) is 0 Å². The molecule has 1 heterocycles. The molecule has 26 heavy (non-hydrogen) atoms. The number of nitrogens with two attached hydrogens (primary N) is 1. The maximum absolute atomic E-state index is 8.87. The number of aryl methyl sites for hydroxylation is 3. The highest BCUT2D eigenvalue weighted by Crippen LogP contribution is 2.28. The Kier molecular flexibility index (Phi) is 4.72. The van der Waals surface area contributed by atoms with Gasteiger partial charge in [-0.2, -0.15) is 10.2 Å². The number of hydrogen-bond donors (Lipinski definition) is 3. The van der Waals surface area contributed by atoms with Crippen molar-refractivity contribution in [3.05, 3.63) is 64.8 Å². The second-order valence-electron chi connectivity index (χ2n) is 6.21. The van der Waals surface area contributed by atoms with Gasteiger partial charge in [0.05, 0.1) is 23.5 Å². The molecule has 0 amide bonds. The van der Waals surface area contributed by atoms with E-state index >= 15 is 0 Å². The molecule has 0 spiro atoms. The van der Waals surface area contributed by atoms with Crippen molar-refractivity contribution < 1.29 is 0 Å². The number of nitrogen functional groups attached to an aromatic ring is 1. The topological polar surface area (TPSA) is 99.6 Å². The second-order valence-corrected chi connectivity index (χ2v) is 6.21. The molecule has 0 aliphatic rings. The van der Waals surface area contributed by atoms with E-state index in [9.17, 15) is 0 Å². The third kappa shape index (κ3) is 3.73. The van der Waals surface area contributed by atoms with Crippen molar-refractivity contribution in [2.45, 2.75) is 20.8 Å². The molecule has 0 bridgehead atoms. The van der Waals surface area contributed by atoms with Gasteiger partial charge >= 0.3 is 0 Å². The zero-order valence-electron chi connectivity index (χ0n) is 15.0. The highest BCUT2D eigenvalue weighted by atomic mass is 15.2. The minimum absolute atomic E-state index is 0.425. The summed E-state index contributed by atoms with van der Waals surface area (Å²) in [5, 5.41) is 15.3. The predicted molar refractivity (Wildman–Crippen MR) is 105 cm³/mol. The van der Waals surface area contributed by atoms with E-state index in [1.807, 2.05) is 0 Å². The maximum atomic E-state index is 8.87. The molecular formula is C20H20N6. The van der Waals surface area contributed by atoms with Gasteiger partial charge in [-0.15, -0.1) is 0 Å². The third-order valence-corrected chi connectivity index (χ3v) is 4.01. The molecule has 6 nitrogen and oxygen atoms in total. The van der Waals surface area contributed by atoms with Crippen LogP contribution in [0.3, 0.4) is 0 Å². The smallest absolute Gasteiger partial charge is 0.229 e. The molecule has 0 saturated heterocycles. The van der Waals surface area contributed by atoms with Crippen molar-refractivity contribution in [2.75, 3.05) is 16.4 Å². The molecule has 0 fully saturated rings. The van der Waals surface area contributed by atoms with Gasteiger partial charge < -0.3 is 16.4 Å². The minimum Gasteiger partial charge on any atom is -0.394 e. The van der Waals surface area contributed by atoms with Crippen molar-refractivity contribution in [3.63, 3.8) is 0 Å². The number of nitrogens with one attached hydrogen (secondary N) is 2. The van der Waals surface area contributed by atoms with Gasteiger partial charge in [-0.3, -0.25) is 0 Å². The molecular weight excluding hydrogens is 324 g/mol. The molecule has 2 aromatic carbocycles. The zero-order chi connectivity index (χ0) is 18.7. The fraction of sp³-hybridized carbons (Fsp3) is 0.150. The fourth-order valence-corrected chi connectivity index (χ4v) is 2.80. The van der Waals surface area contributed by atoms with Crippen LogP contribution in [0.4, 0.5) is 28.8 Å². The van der Waals surface area contributed by atoms with Gasteiger partial charge in [0.15, 0.2) is 5.82 Å². The highest BCUT2D eigenvalue weighted by molar-refractivity contribution is 5.73. The summed E-state index contributed by atoms with van der Waals surface area (Å²) in [5.41, 5.74) is 12.4. The number of aromatic nitrogens is 2. The van der Waals surface area contributed by atoms with Crippen LogP contribution in [0.2, 0.25) is 0 Å². The van der Waals surface area contributed by atoms with E-state index in [1.54, 1.807) is 30.5 Å². The molecule has 0 unspecified atom stereocenters. The predicted octanol–water partition coefficient (Wildman–Crippen LogP) is 4.34. The Balaban J connectivity index is 1.87. The van der Waals surface area contributed by atoms with Gasteiger partial charge in [-0.1, -0.05) is 17.7 Å². The lowest BCUT2D eigenvalue weighted by molar-refractivity contribution is 1.16. The van der Waals surface area contributed by atoms with E-state index < -0.39 is 0 Å². The number of hydrogen-bond acceptors (Lipinski definition) is 6. The van der Waals surface area contributed by atoms with Gasteiger partial charge in [0, 0.05) is 11.4 Å². The number of nitriles is 1. The van der Waals surface area contributed by atoms with Crippen LogP contribution < -0.4 is 16.4 Å². The molecule has 0 radical (unpaired) electrons. The molecule has 130 valence electrons. The number of nitrogens with zero attached hydrogens (tertiary/aromatic N) is 3. The quantitative estimate of drug-likeness (QED) is 0.651. The first kappa shape index (κ1) is 17.2. The summed E-state index contributed by atoms with van der Waals surface area (Å²) in [5.74, 6) is 0.972. The van der Waals surface area contributed by atoms with Gasteiger partial charge in [0.2, 0.25) is 5.95 Å². The summed E-state index contributed by atoms with van der Waals surface area (Å²) in [6.07, 6.45) is 1.57. The summed E-state index contributed by atoms with van der Waals surface area (Å²) in [4.78, 5) is 8.71. The van der Waals surface area contributed by atoms with E-state index in [4.69, 9.17) is 11.0 Å². The van der Waals surface area contributed by atoms with E-state index in [0.717, 1.165) is 22.5 Å². The van der Waals surface area contributed by atoms with Crippen LogP contribution in [0, 0.1) is 32.1 Å². The van der Waals surface area contributed by atoms with Gasteiger partial charge in [0.25, 0.3) is 0 Å². The molecule has 0 atom stereocenters. The van der Waals surface area contributed by atoms with Gasteiger partial charge in [0.1, 0.15) is 0 Å². The lowest BCUT2D eigenvalue weighted by Crippen LogP contribution is -2.06. The maximum Gasteiger partial charge on any atom is 0.229 e. The molecule has 0 aliphatic carbocycles. The first-order valence-electron chi connectivity index (χ1n) is 8.21. The average molecular weight is 344 g/mol. The Morgan fingerprint density at radius 3 is 2.27 bits per heavy atom. The van der Waals surface area contributed by atoms with Gasteiger partial charge in [-0.05, 0) is 56.2 Å². The van der Waals surface area contributed by atoms with Crippen LogP contribution in [-0.4, -0.2) is 9.97 Å². The Hall–Kier alpha value is -3.59. The van der Waals surface area contributed by atoms with E-state index in [2.05, 4.69) is 59.6 Å². The minimum atomic E-state index is 0.425. The monoisotopic (exact) mass is 344 g/mol. The summed E-state index contributed by atoms with van der Waals surface area (Å²) in [7, 11) is 0. The van der Waals surface area contributed by atoms with E-state index in [0.29, 0.717) is 23.0 Å². The van der Waals surface area contributed by atoms with Crippen molar-refractivity contribution in [1.29, 1.82) is 5.26 Å². The molecule has 3 aromatic rings. The fourth-order valence-electron chi connectivity index (χ4n) is 2.80. The molecule has 1 aromatic heterocycles. The van der Waals surface area contributed by atoms with Crippen LogP contribution in [0.5, 0.6) is 0 Å². The molecule has 6 heteroatoms. The Labute approximate surface area is 152 Å². The number of benzene rings is 2. The normalized spacial score (nSPS) is 10.2. The third-order valence-electron chi connectivity index (χ3n) is 4.01. The van der Waals surface area contributed by atoms with Crippen molar-refractivity contribution in [1.82, 2.24) is 9.97 Å². The zero-order valence-corrected chi connectivity index (χ0v) is 15.0. The highest BCUT2D eigenvalue weighted by Gasteiger charge is 2.09. The lowest BCUT2D eigenvalue weighted by Gasteiger charge is -2.15. The summed E-state index contributed by atoms with van der Waals surface area (Å²) < 4.78 is 0. The molecule has 3 rings (SSSR count). The SMILES string of the molecule is Cc1cc(C)c(Nc2nc(Nc3ccc(C#N)cc3)ncc2N)c(C)c1. The average Bonchev–Trinajstić information content (AvgIpc) is 2.61. The van der Waals surface area contributed by atoms with Gasteiger partial charge in [-0.25, -0.2) is 4.98 Å². The molecule has 0 aliphatic heterocycles. The summed E-state index contributed by atoms with van der Waals surface area (Å²) >= 11 is 0. The van der Waals surface area contributed by atoms with Crippen molar-refractivity contribution in [2.24, 2.45) is 0 Å². The van der Waals surface area contributed by atoms with Crippen LogP contribution in [0.1, 0.15) is 22.3 Å². The number of rotatable bonds is 4. The lowest BCUT2D eigenvalue weighted by atomic mass is 10.1. The van der Waals surface area contributed by atoms with Crippen molar-refractivity contribution >= 4 is 28.8 Å². The first-order chi connectivity index (χ1) is 12.5. The molecule has 0 saturated carbocycles.